The lowest BCUT2D eigenvalue weighted by Crippen LogP contribution is -2.39. The molecule has 1 amide bonds. The van der Waals surface area contributed by atoms with Crippen LogP contribution in [0.15, 0.2) is 36.9 Å². The molecule has 0 saturated heterocycles. The van der Waals surface area contributed by atoms with Crippen molar-refractivity contribution < 1.29 is 18.0 Å². The van der Waals surface area contributed by atoms with Crippen LogP contribution >= 0.6 is 0 Å². The second kappa shape index (κ2) is 7.40. The summed E-state index contributed by atoms with van der Waals surface area (Å²) in [5.74, 6) is -4.32. The summed E-state index contributed by atoms with van der Waals surface area (Å²) in [5, 5.41) is 5.07. The molecule has 32 heavy (non-hydrogen) atoms. The predicted octanol–water partition coefficient (Wildman–Crippen LogP) is 3.60. The van der Waals surface area contributed by atoms with E-state index in [0.29, 0.717) is 35.3 Å². The number of benzene rings is 1. The first-order chi connectivity index (χ1) is 15.4. The number of halogens is 3. The highest BCUT2D eigenvalue weighted by Gasteiger charge is 2.34. The first-order valence-corrected chi connectivity index (χ1v) is 9.93. The predicted molar refractivity (Wildman–Crippen MR) is 109 cm³/mol. The van der Waals surface area contributed by atoms with E-state index in [2.05, 4.69) is 20.1 Å². The number of hydrogen-bond donors (Lipinski definition) is 0. The Morgan fingerprint density at radius 2 is 1.91 bits per heavy atom. The Hall–Kier alpha value is -3.82. The summed E-state index contributed by atoms with van der Waals surface area (Å²) in [4.78, 5) is 27.4. The highest BCUT2D eigenvalue weighted by atomic mass is 19.2. The number of hydrogen-bond acceptors (Lipinski definition) is 5. The molecule has 0 aliphatic carbocycles. The number of aromatic nitrogens is 5. The van der Waals surface area contributed by atoms with Crippen molar-refractivity contribution in [3.8, 4) is 11.3 Å². The second-order valence-corrected chi connectivity index (χ2v) is 7.63. The quantitative estimate of drug-likeness (QED) is 0.447. The number of pyridine rings is 1. The number of rotatable bonds is 2. The maximum atomic E-state index is 13.8. The van der Waals surface area contributed by atoms with Gasteiger partial charge in [-0.1, -0.05) is 0 Å². The molecule has 1 atom stereocenters. The van der Waals surface area contributed by atoms with Crippen molar-refractivity contribution >= 4 is 16.8 Å². The van der Waals surface area contributed by atoms with Crippen LogP contribution in [0.3, 0.4) is 0 Å². The molecule has 5 rings (SSSR count). The zero-order valence-electron chi connectivity index (χ0n) is 17.2. The molecule has 1 aliphatic rings. The zero-order chi connectivity index (χ0) is 22.6. The minimum absolute atomic E-state index is 0.192. The minimum Gasteiger partial charge on any atom is -0.329 e. The highest BCUT2D eigenvalue weighted by molar-refractivity contribution is 6.04. The SMILES string of the molecule is C[C@H]1c2nn(C)c(-c3cc(F)c(F)c(F)c3)c2CCN1C(=O)c1nccc2ncncc12. The van der Waals surface area contributed by atoms with Gasteiger partial charge in [-0.3, -0.25) is 14.5 Å². The number of amides is 1. The molecule has 0 saturated carbocycles. The van der Waals surface area contributed by atoms with Crippen LogP contribution < -0.4 is 0 Å². The average molecular weight is 438 g/mol. The van der Waals surface area contributed by atoms with Gasteiger partial charge >= 0.3 is 0 Å². The van der Waals surface area contributed by atoms with Crippen molar-refractivity contribution in [3.63, 3.8) is 0 Å². The van der Waals surface area contributed by atoms with E-state index >= 15 is 0 Å². The van der Waals surface area contributed by atoms with Crippen LogP contribution in [0.2, 0.25) is 0 Å². The molecule has 0 N–H and O–H groups in total. The first kappa shape index (κ1) is 20.1. The van der Waals surface area contributed by atoms with E-state index in [4.69, 9.17) is 0 Å². The lowest BCUT2D eigenvalue weighted by Gasteiger charge is -2.32. The van der Waals surface area contributed by atoms with Crippen molar-refractivity contribution in [1.29, 1.82) is 0 Å². The van der Waals surface area contributed by atoms with E-state index < -0.39 is 23.5 Å². The zero-order valence-corrected chi connectivity index (χ0v) is 17.2. The Kier molecular flexibility index (Phi) is 4.65. The van der Waals surface area contributed by atoms with E-state index in [9.17, 15) is 18.0 Å². The summed E-state index contributed by atoms with van der Waals surface area (Å²) in [5.41, 5.74) is 2.93. The standard InChI is InChI=1S/C22H17F3N6O/c1-11-19-13(21(30(2)29-19)12-7-15(23)18(25)16(24)8-12)4-6-31(11)22(32)20-14-9-26-10-28-17(14)3-5-27-20/h3,5,7-11H,4,6H2,1-2H3/t11-/m0/s1. The van der Waals surface area contributed by atoms with E-state index in [1.807, 2.05) is 6.92 Å². The van der Waals surface area contributed by atoms with Crippen molar-refractivity contribution in [2.45, 2.75) is 19.4 Å². The second-order valence-electron chi connectivity index (χ2n) is 7.63. The largest absolute Gasteiger partial charge is 0.329 e. The monoisotopic (exact) mass is 438 g/mol. The Balaban J connectivity index is 1.54. The molecule has 1 aromatic carbocycles. The van der Waals surface area contributed by atoms with Gasteiger partial charge in [-0.25, -0.2) is 23.1 Å². The topological polar surface area (TPSA) is 76.8 Å². The van der Waals surface area contributed by atoms with Crippen molar-refractivity contribution in [3.05, 3.63) is 71.3 Å². The fraction of sp³-hybridized carbons (Fsp3) is 0.227. The van der Waals surface area contributed by atoms with Crippen LogP contribution in [0.5, 0.6) is 0 Å². The molecule has 4 heterocycles. The van der Waals surface area contributed by atoms with Crippen LogP contribution in [0.1, 0.15) is 34.7 Å². The highest BCUT2D eigenvalue weighted by Crippen LogP contribution is 2.37. The summed E-state index contributed by atoms with van der Waals surface area (Å²) in [6.07, 6.45) is 4.90. The van der Waals surface area contributed by atoms with Gasteiger partial charge in [0.15, 0.2) is 17.5 Å². The number of nitrogens with zero attached hydrogens (tertiary/aromatic N) is 6. The Bertz CT molecular complexity index is 1360. The molecular formula is C22H17F3N6O. The fourth-order valence-corrected chi connectivity index (χ4v) is 4.29. The van der Waals surface area contributed by atoms with Crippen LogP contribution in [-0.2, 0) is 13.5 Å². The third-order valence-electron chi connectivity index (χ3n) is 5.80. The molecule has 0 spiro atoms. The number of carbonyl (C=O) groups excluding carboxylic acids is 1. The van der Waals surface area contributed by atoms with Gasteiger partial charge in [-0.05, 0) is 31.5 Å². The molecule has 10 heteroatoms. The van der Waals surface area contributed by atoms with Crippen LogP contribution in [0.25, 0.3) is 22.2 Å². The molecular weight excluding hydrogens is 421 g/mol. The molecule has 0 radical (unpaired) electrons. The van der Waals surface area contributed by atoms with Gasteiger partial charge in [-0.2, -0.15) is 5.10 Å². The average Bonchev–Trinajstić information content (AvgIpc) is 3.13. The van der Waals surface area contributed by atoms with Gasteiger partial charge in [0.05, 0.1) is 22.9 Å². The lowest BCUT2D eigenvalue weighted by molar-refractivity contribution is 0.0670. The van der Waals surface area contributed by atoms with E-state index in [1.54, 1.807) is 24.2 Å². The van der Waals surface area contributed by atoms with Crippen LogP contribution in [0.4, 0.5) is 13.2 Å². The number of carbonyl (C=O) groups is 1. The van der Waals surface area contributed by atoms with Gasteiger partial charge in [0.2, 0.25) is 0 Å². The molecule has 0 unspecified atom stereocenters. The minimum atomic E-state index is -1.51. The molecule has 4 aromatic rings. The molecule has 0 fully saturated rings. The van der Waals surface area contributed by atoms with Gasteiger partial charge < -0.3 is 4.90 Å². The molecule has 162 valence electrons. The molecule has 0 bridgehead atoms. The first-order valence-electron chi connectivity index (χ1n) is 9.93. The normalized spacial score (nSPS) is 15.8. The Morgan fingerprint density at radius 3 is 2.66 bits per heavy atom. The van der Waals surface area contributed by atoms with Gasteiger partial charge in [-0.15, -0.1) is 0 Å². The van der Waals surface area contributed by atoms with Crippen molar-refractivity contribution in [2.24, 2.45) is 7.05 Å². The van der Waals surface area contributed by atoms with Crippen molar-refractivity contribution in [2.75, 3.05) is 6.54 Å². The van der Waals surface area contributed by atoms with Crippen LogP contribution in [0, 0.1) is 17.5 Å². The van der Waals surface area contributed by atoms with Gasteiger partial charge in [0.1, 0.15) is 12.0 Å². The third-order valence-corrected chi connectivity index (χ3v) is 5.80. The molecule has 7 nitrogen and oxygen atoms in total. The molecule has 1 aliphatic heterocycles. The Morgan fingerprint density at radius 1 is 1.16 bits per heavy atom. The Labute approximate surface area is 180 Å². The van der Waals surface area contributed by atoms with E-state index in [0.717, 1.165) is 17.7 Å². The lowest BCUT2D eigenvalue weighted by atomic mass is 9.95. The summed E-state index contributed by atoms with van der Waals surface area (Å²) in [7, 11) is 1.65. The van der Waals surface area contributed by atoms with E-state index in [1.165, 1.54) is 17.2 Å². The smallest absolute Gasteiger partial charge is 0.273 e. The maximum Gasteiger partial charge on any atom is 0.273 e. The summed E-state index contributed by atoms with van der Waals surface area (Å²) in [6.45, 7) is 2.18. The van der Waals surface area contributed by atoms with Gasteiger partial charge in [0, 0.05) is 42.5 Å². The van der Waals surface area contributed by atoms with E-state index in [-0.39, 0.29) is 17.2 Å². The summed E-state index contributed by atoms with van der Waals surface area (Å²) >= 11 is 0. The fourth-order valence-electron chi connectivity index (χ4n) is 4.29. The van der Waals surface area contributed by atoms with Gasteiger partial charge in [0.25, 0.3) is 5.91 Å². The molecule has 3 aromatic heterocycles. The van der Waals surface area contributed by atoms with Crippen molar-refractivity contribution in [1.82, 2.24) is 29.6 Å². The van der Waals surface area contributed by atoms with Crippen LogP contribution in [-0.4, -0.2) is 42.1 Å². The summed E-state index contributed by atoms with van der Waals surface area (Å²) < 4.78 is 42.6. The number of fused-ring (bicyclic) bond motifs is 2. The maximum absolute atomic E-state index is 13.8. The number of aryl methyl sites for hydroxylation is 1. The summed E-state index contributed by atoms with van der Waals surface area (Å²) in [6, 6.07) is 3.20. The third kappa shape index (κ3) is 3.02.